The molecule has 2 aromatic carbocycles. The van der Waals surface area contributed by atoms with Gasteiger partial charge in [-0.25, -0.2) is 9.79 Å². The van der Waals surface area contributed by atoms with Gasteiger partial charge in [0.05, 0.1) is 29.0 Å². The van der Waals surface area contributed by atoms with E-state index < -0.39 is 12.0 Å². The van der Waals surface area contributed by atoms with Crippen LogP contribution in [-0.4, -0.2) is 17.6 Å². The van der Waals surface area contributed by atoms with Crippen molar-refractivity contribution in [3.8, 4) is 0 Å². The van der Waals surface area contributed by atoms with Gasteiger partial charge in [-0.2, -0.15) is 0 Å². The summed E-state index contributed by atoms with van der Waals surface area (Å²) in [5.41, 5.74) is 3.77. The van der Waals surface area contributed by atoms with Gasteiger partial charge in [0.25, 0.3) is 5.56 Å². The number of esters is 1. The predicted molar refractivity (Wildman–Crippen MR) is 123 cm³/mol. The minimum atomic E-state index is -0.581. The molecule has 0 bridgehead atoms. The molecule has 5 nitrogen and oxygen atoms in total. The van der Waals surface area contributed by atoms with Gasteiger partial charge in [-0.05, 0) is 35.6 Å². The second-order valence-corrected chi connectivity index (χ2v) is 8.81. The molecule has 1 atom stereocenters. The molecule has 1 aliphatic heterocycles. The van der Waals surface area contributed by atoms with E-state index in [1.54, 1.807) is 11.5 Å². The molecule has 0 aliphatic carbocycles. The van der Waals surface area contributed by atoms with Crippen molar-refractivity contribution in [2.24, 2.45) is 4.99 Å². The number of benzene rings is 2. The SMILES string of the molecule is COC(=O)C1=C(C)N=c2s/c(=C/c3ccccc3)c(=O)n2[C@H]1c1ccc(C(C)C)cc1. The molecule has 0 saturated heterocycles. The number of ether oxygens (including phenoxy) is 1. The first-order chi connectivity index (χ1) is 14.9. The third kappa shape index (κ3) is 3.91. The van der Waals surface area contributed by atoms with E-state index in [2.05, 4.69) is 18.8 Å². The molecule has 2 heterocycles. The number of carbonyl (C=O) groups is 1. The number of hydrogen-bond donors (Lipinski definition) is 0. The highest BCUT2D eigenvalue weighted by Crippen LogP contribution is 2.31. The third-order valence-corrected chi connectivity index (χ3v) is 6.43. The largest absolute Gasteiger partial charge is 0.466 e. The van der Waals surface area contributed by atoms with Gasteiger partial charge in [0.1, 0.15) is 0 Å². The molecule has 0 unspecified atom stereocenters. The second kappa shape index (κ2) is 8.47. The van der Waals surface area contributed by atoms with E-state index in [1.165, 1.54) is 24.0 Å². The van der Waals surface area contributed by atoms with Crippen molar-refractivity contribution >= 4 is 23.4 Å². The Hall–Kier alpha value is -3.25. The lowest BCUT2D eigenvalue weighted by atomic mass is 9.93. The summed E-state index contributed by atoms with van der Waals surface area (Å²) in [4.78, 5) is 31.3. The summed E-state index contributed by atoms with van der Waals surface area (Å²) < 4.78 is 7.25. The molecule has 4 rings (SSSR count). The van der Waals surface area contributed by atoms with Gasteiger partial charge < -0.3 is 4.74 Å². The number of carbonyl (C=O) groups excluding carboxylic acids is 1. The fraction of sp³-hybridized carbons (Fsp3) is 0.240. The first kappa shape index (κ1) is 21.0. The van der Waals surface area contributed by atoms with Gasteiger partial charge >= 0.3 is 5.97 Å². The average molecular weight is 433 g/mol. The number of fused-ring (bicyclic) bond motifs is 1. The molecule has 3 aromatic rings. The lowest BCUT2D eigenvalue weighted by molar-refractivity contribution is -0.136. The monoisotopic (exact) mass is 432 g/mol. The fourth-order valence-electron chi connectivity index (χ4n) is 3.77. The molecular formula is C25H24N2O3S. The number of allylic oxidation sites excluding steroid dienone is 1. The topological polar surface area (TPSA) is 60.7 Å². The van der Waals surface area contributed by atoms with Crippen LogP contribution in [0.1, 0.15) is 49.4 Å². The van der Waals surface area contributed by atoms with Crippen LogP contribution < -0.4 is 14.9 Å². The molecule has 1 aromatic heterocycles. The molecule has 0 fully saturated rings. The Morgan fingerprint density at radius 2 is 1.81 bits per heavy atom. The summed E-state index contributed by atoms with van der Waals surface area (Å²) in [5.74, 6) is -0.0872. The Kier molecular flexibility index (Phi) is 5.74. The second-order valence-electron chi connectivity index (χ2n) is 7.81. The standard InChI is InChI=1S/C25H24N2O3S/c1-15(2)18-10-12-19(13-11-18)22-21(24(29)30-4)16(3)26-25-27(22)23(28)20(31-25)14-17-8-6-5-7-9-17/h5-15,22H,1-4H3/b20-14+/t22-/m0/s1. The van der Waals surface area contributed by atoms with Gasteiger partial charge in [0, 0.05) is 0 Å². The molecule has 0 amide bonds. The summed E-state index contributed by atoms with van der Waals surface area (Å²) >= 11 is 1.33. The van der Waals surface area contributed by atoms with E-state index in [1.807, 2.05) is 60.7 Å². The molecule has 0 radical (unpaired) electrons. The number of hydrogen-bond acceptors (Lipinski definition) is 5. The Labute approximate surface area is 184 Å². The Morgan fingerprint density at radius 1 is 1.13 bits per heavy atom. The van der Waals surface area contributed by atoms with Crippen molar-refractivity contribution in [1.82, 2.24) is 4.57 Å². The molecule has 1 aliphatic rings. The lowest BCUT2D eigenvalue weighted by Crippen LogP contribution is -2.39. The van der Waals surface area contributed by atoms with Gasteiger partial charge in [0.15, 0.2) is 4.80 Å². The Morgan fingerprint density at radius 3 is 2.42 bits per heavy atom. The van der Waals surface area contributed by atoms with Gasteiger partial charge in [0.2, 0.25) is 0 Å². The summed E-state index contributed by atoms with van der Waals surface area (Å²) in [6, 6.07) is 17.2. The zero-order valence-corrected chi connectivity index (χ0v) is 18.8. The molecule has 0 spiro atoms. The Bertz CT molecular complexity index is 1330. The highest BCUT2D eigenvalue weighted by molar-refractivity contribution is 7.07. The summed E-state index contributed by atoms with van der Waals surface area (Å²) in [5, 5.41) is 0. The van der Waals surface area contributed by atoms with Crippen molar-refractivity contribution in [1.29, 1.82) is 0 Å². The zero-order chi connectivity index (χ0) is 22.1. The maximum atomic E-state index is 13.4. The lowest BCUT2D eigenvalue weighted by Gasteiger charge is -2.24. The van der Waals surface area contributed by atoms with Crippen molar-refractivity contribution < 1.29 is 9.53 Å². The van der Waals surface area contributed by atoms with Crippen molar-refractivity contribution in [2.45, 2.75) is 32.7 Å². The first-order valence-electron chi connectivity index (χ1n) is 10.2. The van der Waals surface area contributed by atoms with Crippen molar-refractivity contribution in [3.05, 3.63) is 102 Å². The van der Waals surface area contributed by atoms with E-state index in [0.717, 1.165) is 11.1 Å². The minimum Gasteiger partial charge on any atom is -0.466 e. The van der Waals surface area contributed by atoms with E-state index in [4.69, 9.17) is 4.74 Å². The van der Waals surface area contributed by atoms with E-state index in [-0.39, 0.29) is 5.56 Å². The molecule has 158 valence electrons. The number of rotatable bonds is 4. The average Bonchev–Trinajstić information content (AvgIpc) is 3.07. The minimum absolute atomic E-state index is 0.167. The molecule has 6 heteroatoms. The molecule has 0 N–H and O–H groups in total. The van der Waals surface area contributed by atoms with Crippen LogP contribution in [0.2, 0.25) is 0 Å². The molecule has 31 heavy (non-hydrogen) atoms. The highest BCUT2D eigenvalue weighted by atomic mass is 32.1. The smallest absolute Gasteiger partial charge is 0.338 e. The van der Waals surface area contributed by atoms with Gasteiger partial charge in [-0.1, -0.05) is 79.8 Å². The molecular weight excluding hydrogens is 408 g/mol. The normalized spacial score (nSPS) is 16.3. The van der Waals surface area contributed by atoms with Crippen molar-refractivity contribution in [2.75, 3.05) is 7.11 Å². The van der Waals surface area contributed by atoms with Crippen LogP contribution in [-0.2, 0) is 9.53 Å². The van der Waals surface area contributed by atoms with Crippen molar-refractivity contribution in [3.63, 3.8) is 0 Å². The van der Waals surface area contributed by atoms with Crippen LogP contribution in [0.25, 0.3) is 6.08 Å². The molecule has 0 saturated carbocycles. The number of nitrogens with zero attached hydrogens (tertiary/aromatic N) is 2. The fourth-order valence-corrected chi connectivity index (χ4v) is 4.82. The summed E-state index contributed by atoms with van der Waals surface area (Å²) in [6.45, 7) is 6.05. The van der Waals surface area contributed by atoms with Crippen LogP contribution in [0.4, 0.5) is 0 Å². The summed E-state index contributed by atoms with van der Waals surface area (Å²) in [6.07, 6.45) is 1.86. The predicted octanol–water partition coefficient (Wildman–Crippen LogP) is 3.53. The van der Waals surface area contributed by atoms with E-state index in [9.17, 15) is 9.59 Å². The number of thiazole rings is 1. The number of methoxy groups -OCH3 is 1. The van der Waals surface area contributed by atoms with Crippen LogP contribution in [0.15, 0.2) is 75.7 Å². The third-order valence-electron chi connectivity index (χ3n) is 5.44. The summed E-state index contributed by atoms with van der Waals surface area (Å²) in [7, 11) is 1.35. The van der Waals surface area contributed by atoms with Crippen LogP contribution >= 0.6 is 11.3 Å². The van der Waals surface area contributed by atoms with Gasteiger partial charge in [-0.3, -0.25) is 9.36 Å². The van der Waals surface area contributed by atoms with Crippen LogP contribution in [0.3, 0.4) is 0 Å². The maximum Gasteiger partial charge on any atom is 0.338 e. The Balaban J connectivity index is 1.95. The quantitative estimate of drug-likeness (QED) is 0.593. The van der Waals surface area contributed by atoms with Crippen LogP contribution in [0.5, 0.6) is 0 Å². The van der Waals surface area contributed by atoms with E-state index in [0.29, 0.717) is 26.5 Å². The van der Waals surface area contributed by atoms with E-state index >= 15 is 0 Å². The van der Waals surface area contributed by atoms with Crippen LogP contribution in [0, 0.1) is 0 Å². The highest BCUT2D eigenvalue weighted by Gasteiger charge is 2.33. The maximum absolute atomic E-state index is 13.4. The number of aromatic nitrogens is 1. The zero-order valence-electron chi connectivity index (χ0n) is 18.0. The first-order valence-corrected chi connectivity index (χ1v) is 11.0. The van der Waals surface area contributed by atoms with Gasteiger partial charge in [-0.15, -0.1) is 0 Å².